The minimum Gasteiger partial charge on any atom is -0.378 e. The topological polar surface area (TPSA) is 46.2 Å². The third-order valence-electron chi connectivity index (χ3n) is 34.4. The van der Waals surface area contributed by atoms with Gasteiger partial charge in [-0.05, 0) is 316 Å². The monoisotopic (exact) mass is 1520 g/mol. The molecule has 4 unspecified atom stereocenters. The van der Waals surface area contributed by atoms with Gasteiger partial charge in [0.15, 0.2) is 0 Å². The Balaban J connectivity index is 0.000000623. The summed E-state index contributed by atoms with van der Waals surface area (Å²) in [6, 6.07) is 9.20. The molecule has 5 nitrogen and oxygen atoms in total. The van der Waals surface area contributed by atoms with Gasteiger partial charge in [0.2, 0.25) is 0 Å². The van der Waals surface area contributed by atoms with E-state index in [2.05, 4.69) is 232 Å². The van der Waals surface area contributed by atoms with Crippen LogP contribution in [0.1, 0.15) is 433 Å². The molecule has 5 heterocycles. The van der Waals surface area contributed by atoms with Gasteiger partial charge in [-0.3, -0.25) is 0 Å². The minimum atomic E-state index is 0. The van der Waals surface area contributed by atoms with Crippen molar-refractivity contribution in [3.8, 4) is 0 Å². The molecule has 5 saturated carbocycles. The number of hydrogen-bond donors (Lipinski definition) is 0. The van der Waals surface area contributed by atoms with Crippen molar-refractivity contribution in [3.05, 3.63) is 35.4 Å². The first-order valence-electron chi connectivity index (χ1n) is 47.3. The van der Waals surface area contributed by atoms with Crippen LogP contribution >= 0.6 is 0 Å². The van der Waals surface area contributed by atoms with E-state index in [4.69, 9.17) is 23.7 Å². The Labute approximate surface area is 680 Å². The quantitative estimate of drug-likeness (QED) is 0.221. The van der Waals surface area contributed by atoms with Gasteiger partial charge in [0.1, 0.15) is 0 Å². The second-order valence-electron chi connectivity index (χ2n) is 39.7. The molecule has 108 heavy (non-hydrogen) atoms. The number of benzene rings is 1. The van der Waals surface area contributed by atoms with E-state index in [-0.39, 0.29) is 14.9 Å². The summed E-state index contributed by atoms with van der Waals surface area (Å²) in [6.07, 6.45) is 45.3. The zero-order valence-electron chi connectivity index (χ0n) is 77.7. The van der Waals surface area contributed by atoms with Crippen molar-refractivity contribution in [2.24, 2.45) is 134 Å². The fourth-order valence-corrected chi connectivity index (χ4v) is 21.0. The van der Waals surface area contributed by atoms with E-state index < -0.39 is 0 Å². The van der Waals surface area contributed by atoms with Crippen molar-refractivity contribution in [2.45, 2.75) is 465 Å². The Kier molecular flexibility index (Phi) is 51.2. The van der Waals surface area contributed by atoms with Crippen LogP contribution in [0.4, 0.5) is 0 Å². The first-order chi connectivity index (χ1) is 50.1. The molecule has 20 atom stereocenters. The molecule has 1 aromatic carbocycles. The molecule has 5 aliphatic carbocycles. The van der Waals surface area contributed by atoms with Crippen LogP contribution in [-0.4, -0.2) is 63.1 Å². The maximum absolute atomic E-state index is 5.78. The highest BCUT2D eigenvalue weighted by Gasteiger charge is 2.42. The van der Waals surface area contributed by atoms with Crippen LogP contribution in [0.3, 0.4) is 0 Å². The van der Waals surface area contributed by atoms with Gasteiger partial charge in [-0.2, -0.15) is 0 Å². The standard InChI is InChI=1S/C20H38.C17H32.C17H26.C10H20O.3C9H18O.C8H16O.C2H6.2CH4/c1-5-19(6-2)13-9-17(10-14-19)18-11-15-20(7-3,8-4)16-12-18;2*1-4-17(5-2)12-10-16(11-13-17)15-8-6-14(3)7-9-15;1-6-7(2)9(4)11-10(5)8(6)3;3*1-6-5-10-9(4)8(3)7(6)2;1-6-4-8(3)9-5-7(6)2;1-2;;/h17-18H,5-16H2,1-4H3;14-16H,4-13H2,1-3H3;6-9,16H,4-5,10-13H2,1-3H3;6-10H,1-5H3;3*6-9H,5H2,1-4H3;6-8H,4-5H2,1-3H3;1-2H3;2*1H4/t;;;6?,7-,8+,9-,10-;6-,7+,8-,9?;6-,7-,8+,9?;6-,7-,8+,9+;6-,7+,8?;;;/m...11110.../s1. The van der Waals surface area contributed by atoms with Crippen molar-refractivity contribution < 1.29 is 23.7 Å². The second-order valence-corrected chi connectivity index (χ2v) is 39.7. The maximum atomic E-state index is 5.78. The van der Waals surface area contributed by atoms with E-state index in [1.54, 1.807) is 18.4 Å². The molecule has 1 aromatic rings. The lowest BCUT2D eigenvalue weighted by molar-refractivity contribution is -0.116. The smallest absolute Gasteiger partial charge is 0.0578 e. The summed E-state index contributed by atoms with van der Waals surface area (Å²) < 4.78 is 28.0. The predicted molar refractivity (Wildman–Crippen MR) is 481 cm³/mol. The average molecular weight is 1520 g/mol. The van der Waals surface area contributed by atoms with Crippen molar-refractivity contribution in [2.75, 3.05) is 26.4 Å². The van der Waals surface area contributed by atoms with Crippen LogP contribution in [0.2, 0.25) is 0 Å². The molecular formula is C103H200O5. The lowest BCUT2D eigenvalue weighted by Crippen LogP contribution is -2.41. The fraction of sp³-hybridized carbons (Fsp3) is 0.942. The van der Waals surface area contributed by atoms with Gasteiger partial charge in [-0.15, -0.1) is 0 Å². The van der Waals surface area contributed by atoms with Crippen LogP contribution in [-0.2, 0) is 23.7 Å². The normalized spacial score (nSPS) is 36.6. The molecule has 11 rings (SSSR count). The first-order valence-corrected chi connectivity index (χ1v) is 47.3. The Morgan fingerprint density at radius 2 is 0.546 bits per heavy atom. The average Bonchev–Trinajstić information content (AvgIpc) is 0.820. The van der Waals surface area contributed by atoms with Crippen LogP contribution in [0, 0.1) is 141 Å². The van der Waals surface area contributed by atoms with Gasteiger partial charge in [0.25, 0.3) is 0 Å². The molecule has 0 N–H and O–H groups in total. The summed E-state index contributed by atoms with van der Waals surface area (Å²) in [6.45, 7) is 76.8. The summed E-state index contributed by atoms with van der Waals surface area (Å²) in [4.78, 5) is 0. The Morgan fingerprint density at radius 3 is 0.806 bits per heavy atom. The lowest BCUT2D eigenvalue weighted by Gasteiger charge is -2.46. The van der Waals surface area contributed by atoms with E-state index in [1.807, 2.05) is 13.8 Å². The van der Waals surface area contributed by atoms with Crippen LogP contribution in [0.25, 0.3) is 0 Å². The van der Waals surface area contributed by atoms with Crippen molar-refractivity contribution in [1.82, 2.24) is 0 Å². The number of hydrogen-bond acceptors (Lipinski definition) is 5. The maximum Gasteiger partial charge on any atom is 0.0578 e. The molecule has 0 bridgehead atoms. The lowest BCUT2D eigenvalue weighted by atomic mass is 9.60. The first kappa shape index (κ1) is 105. The minimum absolute atomic E-state index is 0. The summed E-state index contributed by atoms with van der Waals surface area (Å²) in [5.41, 5.74) is 5.79. The van der Waals surface area contributed by atoms with Gasteiger partial charge >= 0.3 is 0 Å². The Bertz CT molecular complexity index is 2140. The molecule has 5 heteroatoms. The summed E-state index contributed by atoms with van der Waals surface area (Å²) >= 11 is 0. The summed E-state index contributed by atoms with van der Waals surface area (Å²) in [5.74, 6) is 16.9. The molecule has 5 saturated heterocycles. The summed E-state index contributed by atoms with van der Waals surface area (Å²) in [7, 11) is 0. The molecule has 10 aliphatic rings. The largest absolute Gasteiger partial charge is 0.378 e. The highest BCUT2D eigenvalue weighted by atomic mass is 16.5. The molecule has 10 fully saturated rings. The molecular weight excluding hydrogens is 1320 g/mol. The molecule has 0 aromatic heterocycles. The Hall–Kier alpha value is -0.980. The third kappa shape index (κ3) is 32.5. The van der Waals surface area contributed by atoms with Gasteiger partial charge in [0.05, 0.1) is 36.6 Å². The van der Waals surface area contributed by atoms with Gasteiger partial charge in [0, 0.05) is 26.4 Å². The number of ether oxygens (including phenoxy) is 5. The molecule has 0 amide bonds. The zero-order chi connectivity index (χ0) is 79.9. The van der Waals surface area contributed by atoms with Crippen LogP contribution in [0.15, 0.2) is 24.3 Å². The van der Waals surface area contributed by atoms with E-state index in [1.165, 1.54) is 179 Å². The number of rotatable bonds is 11. The highest BCUT2D eigenvalue weighted by Crippen LogP contribution is 2.53. The molecule has 0 spiro atoms. The van der Waals surface area contributed by atoms with E-state index in [9.17, 15) is 0 Å². The van der Waals surface area contributed by atoms with Crippen molar-refractivity contribution in [3.63, 3.8) is 0 Å². The summed E-state index contributed by atoms with van der Waals surface area (Å²) in [5, 5.41) is 0. The number of aryl methyl sites for hydroxylation is 1. The van der Waals surface area contributed by atoms with Gasteiger partial charge in [-0.1, -0.05) is 282 Å². The van der Waals surface area contributed by atoms with Gasteiger partial charge in [-0.25, -0.2) is 0 Å². The predicted octanol–water partition coefficient (Wildman–Crippen LogP) is 32.3. The molecule has 5 aliphatic heterocycles. The second kappa shape index (κ2) is 52.7. The van der Waals surface area contributed by atoms with E-state index in [0.717, 1.165) is 149 Å². The van der Waals surface area contributed by atoms with Crippen molar-refractivity contribution >= 4 is 0 Å². The van der Waals surface area contributed by atoms with Crippen LogP contribution < -0.4 is 0 Å². The zero-order valence-corrected chi connectivity index (χ0v) is 77.7. The SMILES string of the molecule is C.C.CC.CC1C[C@H](C)[C@H](C)CO1.CC1OC[C@@H](C)[C@@H](C)[C@@H]1C.CC1OC[C@@H](C)[C@H](C)[C@H]1C.CC1[C@@H](C)[C@@H](C)O[C@H](C)[C@H]1C.CCC1(CC)CCC(C2CCC(C)CC2)CC1.CCC1(CC)CCC(C2CCC(CC)(CC)CC2)CC1.CCC1(CC)CCC(c2ccc(C)cc2)CC1.C[C@H]1[C@H](C)[C@H](C)OC[C@H]1C. The Morgan fingerprint density at radius 1 is 0.287 bits per heavy atom. The van der Waals surface area contributed by atoms with E-state index >= 15 is 0 Å². The molecule has 0 radical (unpaired) electrons. The third-order valence-corrected chi connectivity index (χ3v) is 34.4. The fourth-order valence-electron chi connectivity index (χ4n) is 21.0. The highest BCUT2D eigenvalue weighted by molar-refractivity contribution is 5.25. The van der Waals surface area contributed by atoms with E-state index in [0.29, 0.717) is 53.9 Å². The molecule has 642 valence electrons. The van der Waals surface area contributed by atoms with Crippen LogP contribution in [0.5, 0.6) is 0 Å². The van der Waals surface area contributed by atoms with Crippen molar-refractivity contribution in [1.29, 1.82) is 0 Å². The van der Waals surface area contributed by atoms with Gasteiger partial charge < -0.3 is 23.7 Å².